The first-order chi connectivity index (χ1) is 11.7. The maximum atomic E-state index is 5.98. The lowest BCUT2D eigenvalue weighted by atomic mass is 10.2. The molecule has 0 aromatic heterocycles. The van der Waals surface area contributed by atoms with Gasteiger partial charge in [-0.15, -0.1) is 0 Å². The quantitative estimate of drug-likeness (QED) is 0.313. The van der Waals surface area contributed by atoms with Crippen LogP contribution in [0.15, 0.2) is 30.3 Å². The summed E-state index contributed by atoms with van der Waals surface area (Å²) >= 11 is 0. The van der Waals surface area contributed by atoms with Gasteiger partial charge in [0, 0.05) is 39.2 Å². The summed E-state index contributed by atoms with van der Waals surface area (Å²) in [6.45, 7) is 8.05. The highest BCUT2D eigenvalue weighted by Gasteiger charge is 2.46. The van der Waals surface area contributed by atoms with E-state index in [-0.39, 0.29) is 0 Å². The highest BCUT2D eigenvalue weighted by Crippen LogP contribution is 2.17. The molecule has 1 rings (SSSR count). The Bertz CT molecular complexity index is 415. The van der Waals surface area contributed by atoms with Crippen LogP contribution in [0.3, 0.4) is 0 Å². The Morgan fingerprint density at radius 1 is 1.00 bits per heavy atom. The van der Waals surface area contributed by atoms with Gasteiger partial charge in [0.2, 0.25) is 0 Å². The number of nitrogens with one attached hydrogen (secondary N) is 1. The van der Waals surface area contributed by atoms with Crippen molar-refractivity contribution >= 4 is 14.7 Å². The molecule has 0 aliphatic carbocycles. The fraction of sp³-hybridized carbons (Fsp3) is 0.647. The minimum Gasteiger partial charge on any atom is -0.385 e. The van der Waals surface area contributed by atoms with Gasteiger partial charge in [0.05, 0.1) is 0 Å². The lowest BCUT2D eigenvalue weighted by molar-refractivity contribution is -0.146. The molecule has 7 heteroatoms. The van der Waals surface area contributed by atoms with Crippen molar-refractivity contribution in [2.24, 2.45) is 0 Å². The third kappa shape index (κ3) is 7.74. The van der Waals surface area contributed by atoms with E-state index in [0.29, 0.717) is 19.8 Å². The molecule has 24 heavy (non-hydrogen) atoms. The minimum atomic E-state index is -3.14. The fourth-order valence-corrected chi connectivity index (χ4v) is 3.98. The third-order valence-electron chi connectivity index (χ3n) is 3.24. The Morgan fingerprint density at radius 2 is 1.67 bits per heavy atom. The van der Waals surface area contributed by atoms with Crippen molar-refractivity contribution in [3.63, 3.8) is 0 Å². The second-order valence-corrected chi connectivity index (χ2v) is 7.23. The van der Waals surface area contributed by atoms with Gasteiger partial charge in [-0.25, -0.2) is 0 Å². The summed E-state index contributed by atoms with van der Waals surface area (Å²) in [5.41, 5.74) is 1.11. The molecule has 1 atom stereocenters. The molecule has 1 aromatic carbocycles. The molecule has 0 aliphatic rings. The van der Waals surface area contributed by atoms with Crippen LogP contribution >= 0.6 is 0 Å². The van der Waals surface area contributed by atoms with Gasteiger partial charge in [-0.2, -0.15) is 0 Å². The van der Waals surface area contributed by atoms with E-state index in [9.17, 15) is 0 Å². The largest absolute Gasteiger partial charge is 0.681 e. The second-order valence-electron chi connectivity index (χ2n) is 5.01. The van der Waals surface area contributed by atoms with Crippen molar-refractivity contribution in [3.8, 4) is 0 Å². The number of hydrogen-bond acceptors (Lipinski definition) is 6. The number of benzene rings is 1. The second kappa shape index (κ2) is 12.4. The zero-order chi connectivity index (χ0) is 17.7. The molecule has 1 unspecified atom stereocenters. The van der Waals surface area contributed by atoms with Gasteiger partial charge in [0.25, 0.3) is 0 Å². The van der Waals surface area contributed by atoms with E-state index in [1.165, 1.54) is 0 Å². The Labute approximate surface area is 146 Å². The molecule has 0 aliphatic heterocycles. The summed E-state index contributed by atoms with van der Waals surface area (Å²) in [6.07, 6.45) is 1.22. The molecular weight excluding hydrogens is 326 g/mol. The predicted molar refractivity (Wildman–Crippen MR) is 96.7 cm³/mol. The Balaban J connectivity index is 2.48. The smallest absolute Gasteiger partial charge is 0.385 e. The zero-order valence-electron chi connectivity index (χ0n) is 15.2. The Morgan fingerprint density at radius 3 is 2.21 bits per heavy atom. The first-order valence-electron chi connectivity index (χ1n) is 8.61. The van der Waals surface area contributed by atoms with Crippen LogP contribution in [0, 0.1) is 0 Å². The number of rotatable bonds is 14. The van der Waals surface area contributed by atoms with Gasteiger partial charge in [-0.3, -0.25) is 0 Å². The lowest BCUT2D eigenvalue weighted by Crippen LogP contribution is -2.51. The van der Waals surface area contributed by atoms with E-state index >= 15 is 0 Å². The van der Waals surface area contributed by atoms with Crippen molar-refractivity contribution in [1.29, 1.82) is 0 Å². The molecule has 0 bridgehead atoms. The minimum absolute atomic E-state index is 0.405. The molecule has 0 radical (unpaired) electrons. The summed E-state index contributed by atoms with van der Waals surface area (Å²) in [5, 5.41) is 3.38. The molecule has 1 aromatic rings. The molecule has 0 amide bonds. The summed E-state index contributed by atoms with van der Waals surface area (Å²) in [4.78, 5) is 0. The van der Waals surface area contributed by atoms with Gasteiger partial charge in [0.15, 0.2) is 6.29 Å². The number of para-hydroxylation sites is 1. The van der Waals surface area contributed by atoms with Crippen LogP contribution in [0.4, 0.5) is 5.69 Å². The van der Waals surface area contributed by atoms with Crippen LogP contribution in [-0.2, 0) is 22.4 Å². The summed E-state index contributed by atoms with van der Waals surface area (Å²) in [6, 6.07) is 10.1. The topological polar surface area (TPSA) is 58.2 Å². The van der Waals surface area contributed by atoms with E-state index in [1.54, 1.807) is 7.11 Å². The number of anilines is 1. The Hall–Kier alpha value is -0.963. The molecule has 0 heterocycles. The van der Waals surface area contributed by atoms with Crippen molar-refractivity contribution in [1.82, 2.24) is 0 Å². The average Bonchev–Trinajstić information content (AvgIpc) is 2.60. The van der Waals surface area contributed by atoms with Gasteiger partial charge < -0.3 is 27.8 Å². The normalized spacial score (nSPS) is 13.0. The summed E-state index contributed by atoms with van der Waals surface area (Å²) in [5.74, 6) is 0. The SMILES string of the molecule is CCOC(CCCNc1ccccc1)O[Si](OC)(OCC)OCC. The van der Waals surface area contributed by atoms with E-state index in [4.69, 9.17) is 22.4 Å². The number of hydrogen-bond donors (Lipinski definition) is 1. The molecule has 1 N–H and O–H groups in total. The van der Waals surface area contributed by atoms with Gasteiger partial charge in [-0.05, 0) is 45.7 Å². The fourth-order valence-electron chi connectivity index (χ4n) is 2.21. The first kappa shape index (κ1) is 21.1. The van der Waals surface area contributed by atoms with Gasteiger partial charge in [0.1, 0.15) is 0 Å². The van der Waals surface area contributed by atoms with Crippen LogP contribution in [0.25, 0.3) is 0 Å². The lowest BCUT2D eigenvalue weighted by Gasteiger charge is -2.30. The van der Waals surface area contributed by atoms with Crippen molar-refractivity contribution in [2.45, 2.75) is 39.9 Å². The third-order valence-corrected chi connectivity index (χ3v) is 5.58. The van der Waals surface area contributed by atoms with E-state index < -0.39 is 15.3 Å². The monoisotopic (exact) mass is 357 g/mol. The molecule has 0 saturated carbocycles. The van der Waals surface area contributed by atoms with E-state index in [2.05, 4.69) is 5.32 Å². The highest BCUT2D eigenvalue weighted by atomic mass is 28.4. The van der Waals surface area contributed by atoms with E-state index in [1.807, 2.05) is 51.1 Å². The van der Waals surface area contributed by atoms with Gasteiger partial charge >= 0.3 is 9.05 Å². The zero-order valence-corrected chi connectivity index (χ0v) is 16.2. The van der Waals surface area contributed by atoms with Crippen LogP contribution in [0.2, 0.25) is 0 Å². The molecule has 0 fully saturated rings. The molecular formula is C17H31NO5Si. The maximum Gasteiger partial charge on any atom is 0.681 e. The number of ether oxygens (including phenoxy) is 1. The van der Waals surface area contributed by atoms with Gasteiger partial charge in [-0.1, -0.05) is 18.2 Å². The molecule has 6 nitrogen and oxygen atoms in total. The summed E-state index contributed by atoms with van der Waals surface area (Å²) < 4.78 is 28.4. The van der Waals surface area contributed by atoms with Crippen LogP contribution in [-0.4, -0.2) is 48.8 Å². The van der Waals surface area contributed by atoms with Crippen LogP contribution < -0.4 is 5.32 Å². The highest BCUT2D eigenvalue weighted by molar-refractivity contribution is 6.53. The van der Waals surface area contributed by atoms with Crippen molar-refractivity contribution in [2.75, 3.05) is 38.8 Å². The first-order valence-corrected chi connectivity index (χ1v) is 10.2. The van der Waals surface area contributed by atoms with Crippen molar-refractivity contribution < 1.29 is 22.4 Å². The summed E-state index contributed by atoms with van der Waals surface area (Å²) in [7, 11) is -1.59. The van der Waals surface area contributed by atoms with Crippen LogP contribution in [0.5, 0.6) is 0 Å². The van der Waals surface area contributed by atoms with Crippen LogP contribution in [0.1, 0.15) is 33.6 Å². The maximum absolute atomic E-state index is 5.98. The van der Waals surface area contributed by atoms with Crippen molar-refractivity contribution in [3.05, 3.63) is 30.3 Å². The van der Waals surface area contributed by atoms with E-state index in [0.717, 1.165) is 25.1 Å². The average molecular weight is 358 g/mol. The molecule has 0 saturated heterocycles. The molecule has 0 spiro atoms. The Kier molecular flexibility index (Phi) is 10.9. The standard InChI is InChI=1S/C17H31NO5Si/c1-5-20-17(23-24(19-4,21-6-2)22-7-3)14-11-15-18-16-12-9-8-10-13-16/h8-10,12-13,17-18H,5-7,11,14-15H2,1-4H3. The molecule has 138 valence electrons. The predicted octanol–water partition coefficient (Wildman–Crippen LogP) is 3.41.